The van der Waals surface area contributed by atoms with Crippen LogP contribution in [0.3, 0.4) is 0 Å². The second-order valence-corrected chi connectivity index (χ2v) is 7.94. The summed E-state index contributed by atoms with van der Waals surface area (Å²) in [5.41, 5.74) is 6.11. The summed E-state index contributed by atoms with van der Waals surface area (Å²) in [7, 11) is 1.84. The molecule has 186 valence electrons. The number of aldehydes is 1. The quantitative estimate of drug-likeness (QED) is 0.358. The fourth-order valence-corrected chi connectivity index (χ4v) is 3.89. The molecular formula is C24H23F2N7O3. The molecule has 2 heterocycles. The van der Waals surface area contributed by atoms with Crippen molar-refractivity contribution in [2.75, 3.05) is 29.9 Å². The topological polar surface area (TPSA) is 128 Å². The van der Waals surface area contributed by atoms with Crippen molar-refractivity contribution in [3.63, 3.8) is 0 Å². The molecule has 4 rings (SSSR count). The Morgan fingerprint density at radius 2 is 1.89 bits per heavy atom. The normalized spacial score (nSPS) is 11.0. The van der Waals surface area contributed by atoms with E-state index >= 15 is 0 Å². The Morgan fingerprint density at radius 3 is 2.56 bits per heavy atom. The first-order chi connectivity index (χ1) is 17.3. The molecule has 36 heavy (non-hydrogen) atoms. The monoisotopic (exact) mass is 495 g/mol. The summed E-state index contributed by atoms with van der Waals surface area (Å²) >= 11 is 0. The summed E-state index contributed by atoms with van der Waals surface area (Å²) in [4.78, 5) is 43.1. The number of hydrogen-bond acceptors (Lipinski definition) is 7. The zero-order valence-electron chi connectivity index (χ0n) is 19.5. The van der Waals surface area contributed by atoms with Gasteiger partial charge in [0, 0.05) is 26.2 Å². The van der Waals surface area contributed by atoms with E-state index in [1.807, 2.05) is 18.5 Å². The van der Waals surface area contributed by atoms with Crippen molar-refractivity contribution < 1.29 is 18.4 Å². The van der Waals surface area contributed by atoms with E-state index in [1.54, 1.807) is 17.0 Å². The number of nitrogens with one attached hydrogen (secondary N) is 1. The molecule has 4 aromatic rings. The number of nitrogens with zero attached hydrogens (tertiary/aromatic N) is 5. The van der Waals surface area contributed by atoms with Crippen LogP contribution in [-0.2, 0) is 11.8 Å². The van der Waals surface area contributed by atoms with E-state index in [0.717, 1.165) is 42.1 Å². The Bertz CT molecular complexity index is 1510. The van der Waals surface area contributed by atoms with E-state index in [2.05, 4.69) is 15.4 Å². The molecule has 0 atom stereocenters. The second kappa shape index (κ2) is 10.0. The highest BCUT2D eigenvalue weighted by Crippen LogP contribution is 2.34. The minimum atomic E-state index is -1.01. The number of aromatic nitrogens is 4. The molecular weight excluding hydrogens is 472 g/mol. The van der Waals surface area contributed by atoms with E-state index in [9.17, 15) is 23.2 Å². The first-order valence-corrected chi connectivity index (χ1v) is 11.0. The van der Waals surface area contributed by atoms with Crippen LogP contribution in [0.2, 0.25) is 0 Å². The molecule has 3 N–H and O–H groups in total. The number of hydrogen-bond donors (Lipinski definition) is 2. The van der Waals surface area contributed by atoms with Crippen LogP contribution in [0.25, 0.3) is 16.7 Å². The highest BCUT2D eigenvalue weighted by atomic mass is 19.1. The Hall–Kier alpha value is -4.45. The molecule has 0 spiro atoms. The van der Waals surface area contributed by atoms with Crippen molar-refractivity contribution in [1.29, 1.82) is 0 Å². The fourth-order valence-electron chi connectivity index (χ4n) is 3.89. The van der Waals surface area contributed by atoms with Crippen LogP contribution in [0.4, 0.5) is 20.2 Å². The van der Waals surface area contributed by atoms with Gasteiger partial charge in [0.1, 0.15) is 29.0 Å². The molecule has 12 heteroatoms. The van der Waals surface area contributed by atoms with Crippen LogP contribution in [0, 0.1) is 18.6 Å². The van der Waals surface area contributed by atoms with Gasteiger partial charge in [-0.2, -0.15) is 9.78 Å². The van der Waals surface area contributed by atoms with Crippen LogP contribution >= 0.6 is 0 Å². The maximum Gasteiger partial charge on any atom is 0.276 e. The molecule has 0 aliphatic carbocycles. The van der Waals surface area contributed by atoms with E-state index in [4.69, 9.17) is 5.73 Å². The van der Waals surface area contributed by atoms with Crippen LogP contribution in [0.15, 0.2) is 47.3 Å². The number of imidazole rings is 1. The standard InChI is InChI=1S/C24H23F2N7O3/c1-14-28-21-19(31(14)2)8-6-17(23(21)32(11-10-27)12-13-34)29-24(36)18-7-9-20(35)33(30-18)22-15(25)4-3-5-16(22)26/h3-9,13H,10-12,27H2,1-2H3,(H,29,36). The Labute approximate surface area is 204 Å². The SMILES string of the molecule is Cc1nc2c(N(CC=O)CCN)c(NC(=O)c3ccc(=O)n(-c4c(F)cccc4F)n3)ccc2n1C. The zero-order valence-corrected chi connectivity index (χ0v) is 19.5. The molecule has 10 nitrogen and oxygen atoms in total. The number of carbonyl (C=O) groups is 2. The number of aryl methyl sites for hydroxylation is 2. The summed E-state index contributed by atoms with van der Waals surface area (Å²) in [6.07, 6.45) is 0.719. The first kappa shape index (κ1) is 24.7. The smallest absolute Gasteiger partial charge is 0.276 e. The van der Waals surface area contributed by atoms with Gasteiger partial charge in [-0.05, 0) is 37.3 Å². The van der Waals surface area contributed by atoms with Gasteiger partial charge in [-0.15, -0.1) is 0 Å². The summed E-state index contributed by atoms with van der Waals surface area (Å²) < 4.78 is 30.9. The number of halogens is 2. The van der Waals surface area contributed by atoms with Crippen molar-refractivity contribution in [2.24, 2.45) is 12.8 Å². The van der Waals surface area contributed by atoms with Crippen LogP contribution in [-0.4, -0.2) is 51.2 Å². The molecule has 0 unspecified atom stereocenters. The highest BCUT2D eigenvalue weighted by molar-refractivity contribution is 6.08. The average molecular weight is 495 g/mol. The van der Waals surface area contributed by atoms with Crippen molar-refractivity contribution in [3.05, 3.63) is 76.0 Å². The lowest BCUT2D eigenvalue weighted by molar-refractivity contribution is -0.106. The molecule has 2 aromatic heterocycles. The maximum atomic E-state index is 14.3. The van der Waals surface area contributed by atoms with Crippen LogP contribution < -0.4 is 21.5 Å². The Kier molecular flexibility index (Phi) is 6.88. The van der Waals surface area contributed by atoms with Crippen molar-refractivity contribution in [3.8, 4) is 5.69 Å². The predicted molar refractivity (Wildman–Crippen MR) is 130 cm³/mol. The minimum absolute atomic E-state index is 0.00446. The van der Waals surface area contributed by atoms with Gasteiger partial charge in [-0.25, -0.2) is 13.8 Å². The molecule has 0 fully saturated rings. The van der Waals surface area contributed by atoms with Gasteiger partial charge in [0.25, 0.3) is 11.5 Å². The molecule has 0 aliphatic rings. The number of carbonyl (C=O) groups excluding carboxylic acids is 2. The summed E-state index contributed by atoms with van der Waals surface area (Å²) in [6, 6.07) is 8.67. The summed E-state index contributed by atoms with van der Waals surface area (Å²) in [5, 5.41) is 6.61. The molecule has 1 amide bonds. The van der Waals surface area contributed by atoms with E-state index in [1.165, 1.54) is 0 Å². The minimum Gasteiger partial charge on any atom is -0.360 e. The van der Waals surface area contributed by atoms with Gasteiger partial charge in [0.05, 0.1) is 23.4 Å². The van der Waals surface area contributed by atoms with Gasteiger partial charge in [-0.3, -0.25) is 9.59 Å². The van der Waals surface area contributed by atoms with Crippen molar-refractivity contribution in [1.82, 2.24) is 19.3 Å². The van der Waals surface area contributed by atoms with Crippen molar-refractivity contribution in [2.45, 2.75) is 6.92 Å². The predicted octanol–water partition coefficient (Wildman–Crippen LogP) is 1.92. The van der Waals surface area contributed by atoms with Crippen LogP contribution in [0.5, 0.6) is 0 Å². The average Bonchev–Trinajstić information content (AvgIpc) is 3.13. The van der Waals surface area contributed by atoms with Crippen LogP contribution in [0.1, 0.15) is 16.3 Å². The fraction of sp³-hybridized carbons (Fsp3) is 0.208. The Balaban J connectivity index is 1.80. The lowest BCUT2D eigenvalue weighted by Crippen LogP contribution is -2.32. The molecule has 0 bridgehead atoms. The molecule has 0 aliphatic heterocycles. The van der Waals surface area contributed by atoms with E-state index in [0.29, 0.717) is 33.9 Å². The third kappa shape index (κ3) is 4.45. The first-order valence-electron chi connectivity index (χ1n) is 11.0. The van der Waals surface area contributed by atoms with Gasteiger partial charge in [0.15, 0.2) is 11.6 Å². The zero-order chi connectivity index (χ0) is 26.0. The van der Waals surface area contributed by atoms with Gasteiger partial charge < -0.3 is 25.3 Å². The molecule has 0 saturated heterocycles. The van der Waals surface area contributed by atoms with Crippen molar-refractivity contribution >= 4 is 34.6 Å². The highest BCUT2D eigenvalue weighted by Gasteiger charge is 2.22. The second-order valence-electron chi connectivity index (χ2n) is 7.94. The number of para-hydroxylation sites is 1. The lowest BCUT2D eigenvalue weighted by atomic mass is 10.2. The van der Waals surface area contributed by atoms with Gasteiger partial charge in [-0.1, -0.05) is 6.07 Å². The number of nitrogens with two attached hydrogens (primary N) is 1. The number of benzene rings is 2. The maximum absolute atomic E-state index is 14.3. The number of rotatable bonds is 8. The van der Waals surface area contributed by atoms with Gasteiger partial charge in [0.2, 0.25) is 0 Å². The van der Waals surface area contributed by atoms with E-state index < -0.39 is 28.8 Å². The number of amides is 1. The molecule has 2 aromatic carbocycles. The molecule has 0 radical (unpaired) electrons. The molecule has 0 saturated carbocycles. The van der Waals surface area contributed by atoms with Gasteiger partial charge >= 0.3 is 0 Å². The largest absolute Gasteiger partial charge is 0.360 e. The third-order valence-electron chi connectivity index (χ3n) is 5.69. The third-order valence-corrected chi connectivity index (χ3v) is 5.69. The Morgan fingerprint density at radius 1 is 1.17 bits per heavy atom. The number of anilines is 2. The lowest BCUT2D eigenvalue weighted by Gasteiger charge is -2.25. The number of fused-ring (bicyclic) bond motifs is 1. The summed E-state index contributed by atoms with van der Waals surface area (Å²) in [5.74, 6) is -2.04. The summed E-state index contributed by atoms with van der Waals surface area (Å²) in [6.45, 7) is 2.38. The van der Waals surface area contributed by atoms with E-state index in [-0.39, 0.29) is 18.8 Å².